The van der Waals surface area contributed by atoms with Crippen LogP contribution in [0.25, 0.3) is 11.3 Å². The van der Waals surface area contributed by atoms with Gasteiger partial charge < -0.3 is 9.64 Å². The second kappa shape index (κ2) is 9.09. The molecule has 1 aromatic heterocycles. The largest absolute Gasteiger partial charge is 0.494 e. The third-order valence-electron chi connectivity index (χ3n) is 5.30. The van der Waals surface area contributed by atoms with Gasteiger partial charge in [-0.1, -0.05) is 0 Å². The molecular formula is C22H23FN4O4S. The van der Waals surface area contributed by atoms with Crippen molar-refractivity contribution in [2.24, 2.45) is 0 Å². The maximum atomic E-state index is 13.2. The molecule has 0 aliphatic carbocycles. The number of amides is 1. The van der Waals surface area contributed by atoms with E-state index in [1.807, 2.05) is 6.92 Å². The van der Waals surface area contributed by atoms with Crippen molar-refractivity contribution in [1.29, 1.82) is 0 Å². The van der Waals surface area contributed by atoms with Crippen molar-refractivity contribution < 1.29 is 22.3 Å². The lowest BCUT2D eigenvalue weighted by atomic mass is 10.1. The SMILES string of the molecule is CCOc1ccc(S(=O)(=O)N2CCN(C(=O)c3cn[nH]c3-c3ccc(F)cc3)CC2)cc1. The van der Waals surface area contributed by atoms with E-state index in [0.717, 1.165) is 0 Å². The summed E-state index contributed by atoms with van der Waals surface area (Å²) < 4.78 is 45.9. The van der Waals surface area contributed by atoms with E-state index in [9.17, 15) is 17.6 Å². The van der Waals surface area contributed by atoms with Crippen LogP contribution >= 0.6 is 0 Å². The normalized spacial score (nSPS) is 15.0. The molecule has 0 radical (unpaired) electrons. The van der Waals surface area contributed by atoms with Crippen molar-refractivity contribution >= 4 is 15.9 Å². The first-order valence-electron chi connectivity index (χ1n) is 10.2. The van der Waals surface area contributed by atoms with Gasteiger partial charge >= 0.3 is 0 Å². The van der Waals surface area contributed by atoms with Gasteiger partial charge in [-0.05, 0) is 55.5 Å². The maximum Gasteiger partial charge on any atom is 0.257 e. The molecule has 3 aromatic rings. The number of ether oxygens (including phenoxy) is 1. The molecule has 1 aliphatic heterocycles. The summed E-state index contributed by atoms with van der Waals surface area (Å²) in [6.45, 7) is 3.24. The van der Waals surface area contributed by atoms with Crippen LogP contribution < -0.4 is 4.74 Å². The summed E-state index contributed by atoms with van der Waals surface area (Å²) in [6.07, 6.45) is 1.43. The Bertz CT molecular complexity index is 1190. The first-order valence-corrected chi connectivity index (χ1v) is 11.7. The van der Waals surface area contributed by atoms with E-state index >= 15 is 0 Å². The summed E-state index contributed by atoms with van der Waals surface area (Å²) in [5.74, 6) is -0.0128. The second-order valence-electron chi connectivity index (χ2n) is 7.27. The predicted octanol–water partition coefficient (Wildman–Crippen LogP) is 2.76. The zero-order chi connectivity index (χ0) is 22.7. The summed E-state index contributed by atoms with van der Waals surface area (Å²) >= 11 is 0. The molecule has 1 amide bonds. The molecule has 8 nitrogen and oxygen atoms in total. The molecule has 0 unspecified atom stereocenters. The highest BCUT2D eigenvalue weighted by Gasteiger charge is 2.31. The minimum Gasteiger partial charge on any atom is -0.494 e. The molecule has 0 saturated carbocycles. The molecule has 32 heavy (non-hydrogen) atoms. The third kappa shape index (κ3) is 4.37. The van der Waals surface area contributed by atoms with Gasteiger partial charge in [-0.3, -0.25) is 9.89 Å². The van der Waals surface area contributed by atoms with Crippen molar-refractivity contribution in [3.8, 4) is 17.0 Å². The number of aromatic nitrogens is 2. The minimum absolute atomic E-state index is 0.186. The molecule has 1 N–H and O–H groups in total. The smallest absolute Gasteiger partial charge is 0.257 e. The van der Waals surface area contributed by atoms with Crippen molar-refractivity contribution in [3.05, 3.63) is 66.1 Å². The van der Waals surface area contributed by atoms with Gasteiger partial charge in [-0.15, -0.1) is 0 Å². The van der Waals surface area contributed by atoms with Crippen LogP contribution in [0.5, 0.6) is 5.75 Å². The highest BCUT2D eigenvalue weighted by atomic mass is 32.2. The Balaban J connectivity index is 1.44. The number of piperazine rings is 1. The number of sulfonamides is 1. The van der Waals surface area contributed by atoms with E-state index in [2.05, 4.69) is 10.2 Å². The van der Waals surface area contributed by atoms with Gasteiger partial charge in [0, 0.05) is 31.7 Å². The van der Waals surface area contributed by atoms with Crippen molar-refractivity contribution in [2.45, 2.75) is 11.8 Å². The van der Waals surface area contributed by atoms with Crippen LogP contribution in [0.4, 0.5) is 4.39 Å². The van der Waals surface area contributed by atoms with E-state index in [1.54, 1.807) is 29.2 Å². The standard InChI is InChI=1S/C22H23FN4O4S/c1-2-31-18-7-9-19(10-8-18)32(29,30)27-13-11-26(12-14-27)22(28)20-15-24-25-21(20)16-3-5-17(23)6-4-16/h3-10,15H,2,11-14H2,1H3,(H,24,25). The fourth-order valence-electron chi connectivity index (χ4n) is 3.61. The van der Waals surface area contributed by atoms with Crippen LogP contribution in [0, 0.1) is 5.82 Å². The lowest BCUT2D eigenvalue weighted by Gasteiger charge is -2.34. The van der Waals surface area contributed by atoms with E-state index < -0.39 is 10.0 Å². The molecule has 4 rings (SSSR count). The topological polar surface area (TPSA) is 95.6 Å². The maximum absolute atomic E-state index is 13.2. The van der Waals surface area contributed by atoms with Crippen LogP contribution in [0.1, 0.15) is 17.3 Å². The molecule has 0 bridgehead atoms. The number of H-pyrrole nitrogens is 1. The van der Waals surface area contributed by atoms with Crippen LogP contribution in [-0.4, -0.2) is 66.5 Å². The Morgan fingerprint density at radius 1 is 1.06 bits per heavy atom. The Morgan fingerprint density at radius 2 is 1.72 bits per heavy atom. The first-order chi connectivity index (χ1) is 15.4. The Labute approximate surface area is 185 Å². The van der Waals surface area contributed by atoms with Gasteiger partial charge in [0.05, 0.1) is 29.0 Å². The van der Waals surface area contributed by atoms with Crippen LogP contribution in [0.2, 0.25) is 0 Å². The first kappa shape index (κ1) is 22.0. The minimum atomic E-state index is -3.67. The van der Waals surface area contributed by atoms with Crippen LogP contribution in [0.3, 0.4) is 0 Å². The van der Waals surface area contributed by atoms with E-state index in [1.165, 1.54) is 34.8 Å². The highest BCUT2D eigenvalue weighted by molar-refractivity contribution is 7.89. The Kier molecular flexibility index (Phi) is 6.24. The number of nitrogens with one attached hydrogen (secondary N) is 1. The summed E-state index contributed by atoms with van der Waals surface area (Å²) in [5.41, 5.74) is 1.50. The molecule has 0 atom stereocenters. The van der Waals surface area contributed by atoms with E-state index in [-0.39, 0.29) is 42.8 Å². The number of halogens is 1. The second-order valence-corrected chi connectivity index (χ2v) is 9.20. The lowest BCUT2D eigenvalue weighted by Crippen LogP contribution is -2.50. The number of carbonyl (C=O) groups excluding carboxylic acids is 1. The quantitative estimate of drug-likeness (QED) is 0.613. The molecule has 10 heteroatoms. The van der Waals surface area contributed by atoms with Gasteiger partial charge in [0.25, 0.3) is 5.91 Å². The fourth-order valence-corrected chi connectivity index (χ4v) is 5.03. The van der Waals surface area contributed by atoms with Crippen molar-refractivity contribution in [1.82, 2.24) is 19.4 Å². The molecule has 0 spiro atoms. The number of nitrogens with zero attached hydrogens (tertiary/aromatic N) is 3. The van der Waals surface area contributed by atoms with Crippen molar-refractivity contribution in [2.75, 3.05) is 32.8 Å². The molecule has 1 aliphatic rings. The molecule has 1 fully saturated rings. The molecule has 2 heterocycles. The van der Waals surface area contributed by atoms with Gasteiger partial charge in [-0.25, -0.2) is 12.8 Å². The molecule has 1 saturated heterocycles. The lowest BCUT2D eigenvalue weighted by molar-refractivity contribution is 0.0698. The predicted molar refractivity (Wildman–Crippen MR) is 116 cm³/mol. The highest BCUT2D eigenvalue weighted by Crippen LogP contribution is 2.25. The summed E-state index contributed by atoms with van der Waals surface area (Å²) in [5, 5.41) is 6.76. The zero-order valence-corrected chi connectivity index (χ0v) is 18.3. The molecular weight excluding hydrogens is 435 g/mol. The number of rotatable bonds is 6. The van der Waals surface area contributed by atoms with E-state index in [4.69, 9.17) is 4.74 Å². The fraction of sp³-hybridized carbons (Fsp3) is 0.273. The molecule has 2 aromatic carbocycles. The average molecular weight is 459 g/mol. The van der Waals surface area contributed by atoms with Crippen LogP contribution in [0.15, 0.2) is 59.6 Å². The zero-order valence-electron chi connectivity index (χ0n) is 17.5. The number of hydrogen-bond donors (Lipinski definition) is 1. The van der Waals surface area contributed by atoms with Crippen molar-refractivity contribution in [3.63, 3.8) is 0 Å². The van der Waals surface area contributed by atoms with Gasteiger partial charge in [0.15, 0.2) is 0 Å². The molecule has 168 valence electrons. The van der Waals surface area contributed by atoms with Gasteiger partial charge in [0.1, 0.15) is 11.6 Å². The number of benzene rings is 2. The summed E-state index contributed by atoms with van der Waals surface area (Å²) in [4.78, 5) is 14.8. The summed E-state index contributed by atoms with van der Waals surface area (Å²) in [7, 11) is -3.67. The third-order valence-corrected chi connectivity index (χ3v) is 7.21. The number of aromatic amines is 1. The van der Waals surface area contributed by atoms with E-state index in [0.29, 0.717) is 29.2 Å². The Hall–Kier alpha value is -3.24. The summed E-state index contributed by atoms with van der Waals surface area (Å²) in [6, 6.07) is 12.1. The van der Waals surface area contributed by atoms with Gasteiger partial charge in [-0.2, -0.15) is 9.40 Å². The van der Waals surface area contributed by atoms with Crippen LogP contribution in [-0.2, 0) is 10.0 Å². The number of hydrogen-bond acceptors (Lipinski definition) is 5. The monoisotopic (exact) mass is 458 g/mol. The average Bonchev–Trinajstić information content (AvgIpc) is 3.30. The van der Waals surface area contributed by atoms with Gasteiger partial charge in [0.2, 0.25) is 10.0 Å². The Morgan fingerprint density at radius 3 is 2.34 bits per heavy atom. The number of carbonyl (C=O) groups is 1.